The highest BCUT2D eigenvalue weighted by Crippen LogP contribution is 2.14. The van der Waals surface area contributed by atoms with Gasteiger partial charge in [0, 0.05) is 23.9 Å². The Morgan fingerprint density at radius 2 is 1.95 bits per heavy atom. The predicted octanol–water partition coefficient (Wildman–Crippen LogP) is 3.81. The molecule has 0 heterocycles. The first kappa shape index (κ1) is 16.3. The Hall–Kier alpha value is -1.77. The monoisotopic (exact) mass is 275 g/mol. The number of allylic oxidation sites excluding steroid dienone is 2. The van der Waals surface area contributed by atoms with Gasteiger partial charge in [0.1, 0.15) is 5.75 Å². The molecule has 0 spiro atoms. The summed E-state index contributed by atoms with van der Waals surface area (Å²) in [6.45, 7) is 7.25. The molecule has 1 N–H and O–H groups in total. The van der Waals surface area contributed by atoms with E-state index in [2.05, 4.69) is 26.1 Å². The zero-order valence-electron chi connectivity index (χ0n) is 12.9. The minimum absolute atomic E-state index is 0.0281. The third-order valence-corrected chi connectivity index (χ3v) is 3.14. The quantitative estimate of drug-likeness (QED) is 0.445. The second kappa shape index (κ2) is 8.41. The topological polar surface area (TPSA) is 38.3 Å². The van der Waals surface area contributed by atoms with Crippen molar-refractivity contribution < 1.29 is 9.53 Å². The molecule has 0 amide bonds. The number of nitrogens with one attached hydrogen (secondary N) is 1. The van der Waals surface area contributed by atoms with Crippen molar-refractivity contribution in [1.82, 2.24) is 5.32 Å². The van der Waals surface area contributed by atoms with E-state index in [0.29, 0.717) is 11.5 Å². The molecule has 0 saturated carbocycles. The molecule has 3 heteroatoms. The standard InChI is InChI=1S/C17H25NO2/c1-5-6-11-18-16(13(2)3)12-17(19)14-7-9-15(20-4)10-8-14/h7-10,12-13,18H,5-6,11H2,1-4H3/b16-12-. The van der Waals surface area contributed by atoms with Gasteiger partial charge in [0.25, 0.3) is 0 Å². The number of ether oxygens (including phenoxy) is 1. The number of hydrogen-bond donors (Lipinski definition) is 1. The summed E-state index contributed by atoms with van der Waals surface area (Å²) in [4.78, 5) is 12.2. The lowest BCUT2D eigenvalue weighted by Crippen LogP contribution is -2.20. The van der Waals surface area contributed by atoms with Crippen molar-refractivity contribution in [3.05, 3.63) is 41.6 Å². The number of benzene rings is 1. The van der Waals surface area contributed by atoms with E-state index >= 15 is 0 Å². The summed E-state index contributed by atoms with van der Waals surface area (Å²) in [5.41, 5.74) is 1.68. The van der Waals surface area contributed by atoms with Crippen molar-refractivity contribution in [2.24, 2.45) is 5.92 Å². The molecule has 0 bridgehead atoms. The van der Waals surface area contributed by atoms with Crippen LogP contribution in [0.2, 0.25) is 0 Å². The van der Waals surface area contributed by atoms with Crippen LogP contribution in [-0.2, 0) is 0 Å². The van der Waals surface area contributed by atoms with Gasteiger partial charge in [-0.25, -0.2) is 0 Å². The number of carbonyl (C=O) groups excluding carboxylic acids is 1. The van der Waals surface area contributed by atoms with E-state index in [1.54, 1.807) is 37.5 Å². The Morgan fingerprint density at radius 1 is 1.30 bits per heavy atom. The summed E-state index contributed by atoms with van der Waals surface area (Å²) >= 11 is 0. The largest absolute Gasteiger partial charge is 0.497 e. The van der Waals surface area contributed by atoms with Crippen LogP contribution in [0, 0.1) is 5.92 Å². The number of unbranched alkanes of at least 4 members (excludes halogenated alkanes) is 1. The fourth-order valence-corrected chi connectivity index (χ4v) is 1.81. The highest BCUT2D eigenvalue weighted by Gasteiger charge is 2.08. The lowest BCUT2D eigenvalue weighted by Gasteiger charge is -2.14. The second-order valence-corrected chi connectivity index (χ2v) is 5.13. The van der Waals surface area contributed by atoms with Crippen LogP contribution in [0.5, 0.6) is 5.75 Å². The van der Waals surface area contributed by atoms with E-state index in [0.717, 1.165) is 30.8 Å². The van der Waals surface area contributed by atoms with E-state index in [4.69, 9.17) is 4.74 Å². The summed E-state index contributed by atoms with van der Waals surface area (Å²) in [5.74, 6) is 1.10. The summed E-state index contributed by atoms with van der Waals surface area (Å²) in [7, 11) is 1.62. The molecule has 20 heavy (non-hydrogen) atoms. The van der Waals surface area contributed by atoms with Gasteiger partial charge in [0.15, 0.2) is 5.78 Å². The van der Waals surface area contributed by atoms with E-state index in [9.17, 15) is 4.79 Å². The maximum atomic E-state index is 12.2. The molecule has 0 aliphatic rings. The van der Waals surface area contributed by atoms with Gasteiger partial charge in [-0.2, -0.15) is 0 Å². The Morgan fingerprint density at radius 3 is 2.45 bits per heavy atom. The number of rotatable bonds is 8. The zero-order chi connectivity index (χ0) is 15.0. The molecule has 3 nitrogen and oxygen atoms in total. The average molecular weight is 275 g/mol. The van der Waals surface area contributed by atoms with E-state index in [-0.39, 0.29) is 5.78 Å². The fourth-order valence-electron chi connectivity index (χ4n) is 1.81. The van der Waals surface area contributed by atoms with Gasteiger partial charge in [-0.3, -0.25) is 4.79 Å². The number of hydrogen-bond acceptors (Lipinski definition) is 3. The minimum Gasteiger partial charge on any atom is -0.497 e. The van der Waals surface area contributed by atoms with Crippen LogP contribution in [0.4, 0.5) is 0 Å². The van der Waals surface area contributed by atoms with E-state index < -0.39 is 0 Å². The molecule has 0 aromatic heterocycles. The van der Waals surface area contributed by atoms with Crippen molar-refractivity contribution in [3.63, 3.8) is 0 Å². The molecule has 1 aromatic rings. The molecular formula is C17H25NO2. The predicted molar refractivity (Wildman–Crippen MR) is 83.2 cm³/mol. The van der Waals surface area contributed by atoms with Crippen LogP contribution in [0.15, 0.2) is 36.0 Å². The van der Waals surface area contributed by atoms with Gasteiger partial charge in [-0.05, 0) is 36.6 Å². The van der Waals surface area contributed by atoms with Crippen LogP contribution < -0.4 is 10.1 Å². The number of ketones is 1. The third-order valence-electron chi connectivity index (χ3n) is 3.14. The van der Waals surface area contributed by atoms with Crippen molar-refractivity contribution in [1.29, 1.82) is 0 Å². The van der Waals surface area contributed by atoms with Crippen LogP contribution >= 0.6 is 0 Å². The lowest BCUT2D eigenvalue weighted by molar-refractivity contribution is 0.104. The van der Waals surface area contributed by atoms with Crippen molar-refractivity contribution >= 4 is 5.78 Å². The smallest absolute Gasteiger partial charge is 0.187 e. The Bertz CT molecular complexity index is 447. The molecule has 0 aliphatic carbocycles. The summed E-state index contributed by atoms with van der Waals surface area (Å²) in [6, 6.07) is 7.20. The Kier molecular flexibility index (Phi) is 6.85. The normalized spacial score (nSPS) is 11.6. The highest BCUT2D eigenvalue weighted by atomic mass is 16.5. The Balaban J connectivity index is 2.78. The molecule has 110 valence electrons. The van der Waals surface area contributed by atoms with Crippen molar-refractivity contribution in [3.8, 4) is 5.75 Å². The first-order valence-electron chi connectivity index (χ1n) is 7.22. The second-order valence-electron chi connectivity index (χ2n) is 5.13. The molecule has 0 aliphatic heterocycles. The summed E-state index contributed by atoms with van der Waals surface area (Å²) in [5, 5.41) is 3.36. The highest BCUT2D eigenvalue weighted by molar-refractivity contribution is 6.04. The summed E-state index contributed by atoms with van der Waals surface area (Å²) < 4.78 is 5.09. The van der Waals surface area contributed by atoms with Crippen molar-refractivity contribution in [2.45, 2.75) is 33.6 Å². The zero-order valence-corrected chi connectivity index (χ0v) is 12.9. The molecule has 0 radical (unpaired) electrons. The van der Waals surface area contributed by atoms with Crippen LogP contribution in [0.3, 0.4) is 0 Å². The van der Waals surface area contributed by atoms with E-state index in [1.165, 1.54) is 0 Å². The minimum atomic E-state index is 0.0281. The SMILES string of the molecule is CCCCN/C(=C\C(=O)c1ccc(OC)cc1)C(C)C. The number of carbonyl (C=O) groups is 1. The number of methoxy groups -OCH3 is 1. The lowest BCUT2D eigenvalue weighted by atomic mass is 10.0. The average Bonchev–Trinajstić information content (AvgIpc) is 2.46. The maximum Gasteiger partial charge on any atom is 0.187 e. The van der Waals surface area contributed by atoms with Gasteiger partial charge in [0.05, 0.1) is 7.11 Å². The van der Waals surface area contributed by atoms with Gasteiger partial charge >= 0.3 is 0 Å². The molecule has 0 unspecified atom stereocenters. The third kappa shape index (κ3) is 5.08. The molecule has 0 saturated heterocycles. The van der Waals surface area contributed by atoms with Gasteiger partial charge in [0.2, 0.25) is 0 Å². The Labute approximate surface area is 122 Å². The molecule has 0 fully saturated rings. The molecule has 1 rings (SSSR count). The molecular weight excluding hydrogens is 250 g/mol. The summed E-state index contributed by atoms with van der Waals surface area (Å²) in [6.07, 6.45) is 3.97. The van der Waals surface area contributed by atoms with Gasteiger partial charge < -0.3 is 10.1 Å². The van der Waals surface area contributed by atoms with E-state index in [1.807, 2.05) is 0 Å². The van der Waals surface area contributed by atoms with Gasteiger partial charge in [-0.1, -0.05) is 27.2 Å². The van der Waals surface area contributed by atoms with Crippen molar-refractivity contribution in [2.75, 3.05) is 13.7 Å². The first-order valence-corrected chi connectivity index (χ1v) is 7.22. The first-order chi connectivity index (χ1) is 9.58. The van der Waals surface area contributed by atoms with Crippen LogP contribution in [-0.4, -0.2) is 19.4 Å². The molecule has 0 atom stereocenters. The fraction of sp³-hybridized carbons (Fsp3) is 0.471. The molecule has 1 aromatic carbocycles. The van der Waals surface area contributed by atoms with Crippen LogP contribution in [0.1, 0.15) is 44.0 Å². The van der Waals surface area contributed by atoms with Crippen LogP contribution in [0.25, 0.3) is 0 Å². The van der Waals surface area contributed by atoms with Gasteiger partial charge in [-0.15, -0.1) is 0 Å². The maximum absolute atomic E-state index is 12.2.